The number of aliphatic hydroxyl groups excluding tert-OH is 9. The van der Waals surface area contributed by atoms with E-state index in [0.29, 0.717) is 0 Å². The fourth-order valence-corrected chi connectivity index (χ4v) is 19.4. The third kappa shape index (κ3) is 19.4. The van der Waals surface area contributed by atoms with E-state index in [4.69, 9.17) is 0 Å². The molecule has 432 valence electrons. The first-order chi connectivity index (χ1) is 37.2. The minimum atomic E-state index is -1.36. The van der Waals surface area contributed by atoms with Crippen LogP contribution in [0.15, 0.2) is 11.8 Å². The smallest absolute Gasteiger partial charge is 0.257 e. The van der Waals surface area contributed by atoms with Gasteiger partial charge in [-0.3, -0.25) is 43.2 Å². The Balaban J connectivity index is 2.31. The molecule has 79 heavy (non-hydrogen) atoms. The summed E-state index contributed by atoms with van der Waals surface area (Å²) in [6, 6.07) is 0. The lowest BCUT2D eigenvalue weighted by Gasteiger charge is -2.21. The van der Waals surface area contributed by atoms with Gasteiger partial charge < -0.3 is 93.8 Å². The van der Waals surface area contributed by atoms with Crippen molar-refractivity contribution < 1.29 is 89.1 Å². The third-order valence-electron chi connectivity index (χ3n) is 10.0. The zero-order valence-corrected chi connectivity index (χ0v) is 59.1. The fraction of sp³-hybridized carbons (Fsp3) is 0.326. The Morgan fingerprint density at radius 1 is 0.354 bits per heavy atom. The van der Waals surface area contributed by atoms with E-state index in [1.807, 2.05) is 0 Å². The molecule has 0 saturated carbocycles. The summed E-state index contributed by atoms with van der Waals surface area (Å²) in [5.41, 5.74) is -1.23. The molecule has 0 aliphatic carbocycles. The van der Waals surface area contributed by atoms with Crippen molar-refractivity contribution >= 4 is 274 Å². The maximum atomic E-state index is 14.5. The second kappa shape index (κ2) is 34.7. The number of amides is 9. The topological polar surface area (TPSA) is 444 Å². The molecule has 27 nitrogen and oxygen atoms in total. The van der Waals surface area contributed by atoms with Crippen LogP contribution in [0.3, 0.4) is 0 Å². The molecule has 0 aromatic heterocycles. The largest absolute Gasteiger partial charge is 0.394 e. The molecule has 3 aromatic carbocycles. The summed E-state index contributed by atoms with van der Waals surface area (Å²) in [6.07, 6.45) is -3.00. The minimum absolute atomic E-state index is 0.00377. The zero-order valence-electron chi connectivity index (χ0n) is 39.7. The number of hydrogen-bond acceptors (Lipinski definition) is 18. The molecule has 9 amide bonds. The van der Waals surface area contributed by atoms with Crippen LogP contribution in [-0.4, -0.2) is 190 Å². The molecular weight excluding hydrogens is 2070 g/mol. The number of rotatable bonds is 26. The van der Waals surface area contributed by atoms with Gasteiger partial charge in [-0.25, -0.2) is 0 Å². The third-order valence-corrected chi connectivity index (χ3v) is 19.7. The highest BCUT2D eigenvalue weighted by atomic mass is 127. The van der Waals surface area contributed by atoms with Crippen LogP contribution in [-0.2, 0) is 14.4 Å². The first kappa shape index (κ1) is 72.1. The first-order valence-corrected chi connectivity index (χ1v) is 31.5. The lowest BCUT2D eigenvalue weighted by Crippen LogP contribution is -2.37. The standard InChI is InChI=1S/C43H44I9N9O18/c44-26-20(29(47)35(59-17(71)10-65)32(50)23(26)41(77)56-4-14(68)7-62)38(74)53-1-13(2-54-39(75)21-27(45)24(42(78)57-5-15(69)8-63)33(51)36(30(21)48)60-18(72)11-66)3-55-40(76)22-28(46)25(43(79)58-6-16(70)9-64)34(52)37(31(22)49)61-19(73)12-67/h1,14-16,62-70H,2-12H2,(H,53,74)(H,54,75)(H,55,76)(H,56,77)(H,57,78)(H,58,79)(H,59,71)(H,60,72)(H,61,73). The van der Waals surface area contributed by atoms with Gasteiger partial charge in [-0.15, -0.1) is 0 Å². The normalized spacial score (nSPS) is 12.0. The Morgan fingerprint density at radius 2 is 0.582 bits per heavy atom. The number of carbonyl (C=O) groups excluding carboxylic acids is 9. The van der Waals surface area contributed by atoms with Crippen LogP contribution >= 0.6 is 203 Å². The molecule has 36 heteroatoms. The number of hydrogen-bond donors (Lipinski definition) is 18. The van der Waals surface area contributed by atoms with Gasteiger partial charge >= 0.3 is 0 Å². The molecule has 3 atom stereocenters. The van der Waals surface area contributed by atoms with Crippen LogP contribution in [0.5, 0.6) is 0 Å². The minimum Gasteiger partial charge on any atom is -0.394 e. The predicted octanol–water partition coefficient (Wildman–Crippen LogP) is -0.357. The van der Waals surface area contributed by atoms with Crippen LogP contribution in [0.2, 0.25) is 0 Å². The molecule has 0 aliphatic heterocycles. The molecule has 0 aliphatic rings. The highest BCUT2D eigenvalue weighted by Crippen LogP contribution is 2.39. The van der Waals surface area contributed by atoms with E-state index >= 15 is 0 Å². The monoisotopic (exact) mass is 2120 g/mol. The van der Waals surface area contributed by atoms with Crippen molar-refractivity contribution in [3.05, 3.63) is 77.3 Å². The van der Waals surface area contributed by atoms with Gasteiger partial charge in [0.25, 0.3) is 35.4 Å². The molecule has 0 bridgehead atoms. The summed E-state index contributed by atoms with van der Waals surface area (Å²) in [7, 11) is 0. The van der Waals surface area contributed by atoms with Crippen LogP contribution in [0.4, 0.5) is 17.1 Å². The molecule has 0 saturated heterocycles. The number of anilines is 3. The molecule has 0 fully saturated rings. The van der Waals surface area contributed by atoms with Crippen molar-refractivity contribution in [2.45, 2.75) is 18.3 Å². The highest BCUT2D eigenvalue weighted by Gasteiger charge is 2.33. The zero-order chi connectivity index (χ0) is 59.7. The Morgan fingerprint density at radius 3 is 0.810 bits per heavy atom. The van der Waals surface area contributed by atoms with E-state index in [2.05, 4.69) is 47.9 Å². The average Bonchev–Trinajstić information content (AvgIpc) is 3.50. The molecule has 3 rings (SSSR count). The molecular formula is C43H44I9N9O18. The lowest BCUT2D eigenvalue weighted by molar-refractivity contribution is -0.119. The van der Waals surface area contributed by atoms with Crippen molar-refractivity contribution in [2.75, 3.05) is 88.3 Å². The Bertz CT molecular complexity index is 2810. The molecule has 0 radical (unpaired) electrons. The van der Waals surface area contributed by atoms with Crippen LogP contribution < -0.4 is 47.9 Å². The van der Waals surface area contributed by atoms with E-state index in [1.165, 1.54) is 0 Å². The van der Waals surface area contributed by atoms with Gasteiger partial charge in [-0.1, -0.05) is 0 Å². The maximum absolute atomic E-state index is 14.5. The van der Waals surface area contributed by atoms with Crippen LogP contribution in [0, 0.1) is 32.1 Å². The molecule has 18 N–H and O–H groups in total. The summed E-state index contributed by atoms with van der Waals surface area (Å²) >= 11 is 15.6. The van der Waals surface area contributed by atoms with Crippen molar-refractivity contribution in [1.82, 2.24) is 31.9 Å². The highest BCUT2D eigenvalue weighted by molar-refractivity contribution is 14.1. The molecule has 0 spiro atoms. The molecule has 0 heterocycles. The lowest BCUT2D eigenvalue weighted by atomic mass is 10.1. The van der Waals surface area contributed by atoms with Gasteiger partial charge in [-0.2, -0.15) is 0 Å². The van der Waals surface area contributed by atoms with Crippen molar-refractivity contribution in [1.29, 1.82) is 0 Å². The van der Waals surface area contributed by atoms with E-state index in [0.717, 1.165) is 6.20 Å². The Kier molecular flexibility index (Phi) is 31.7. The predicted molar refractivity (Wildman–Crippen MR) is 357 cm³/mol. The number of carbonyl (C=O) groups is 9. The van der Waals surface area contributed by atoms with Gasteiger partial charge in [0.15, 0.2) is 0 Å². The Labute approximate surface area is 570 Å². The second-order valence-electron chi connectivity index (χ2n) is 15.6. The quantitative estimate of drug-likeness (QED) is 0.0457. The van der Waals surface area contributed by atoms with Crippen molar-refractivity contribution in [3.8, 4) is 0 Å². The van der Waals surface area contributed by atoms with Gasteiger partial charge in [0.1, 0.15) is 19.8 Å². The summed E-state index contributed by atoms with van der Waals surface area (Å²) in [5.74, 6) is -7.99. The number of aliphatic hydroxyl groups is 9. The summed E-state index contributed by atoms with van der Waals surface area (Å²) in [6.45, 7) is -7.39. The molecule has 3 aromatic rings. The van der Waals surface area contributed by atoms with Crippen molar-refractivity contribution in [3.63, 3.8) is 0 Å². The van der Waals surface area contributed by atoms with Crippen LogP contribution in [0.1, 0.15) is 62.1 Å². The Hall–Kier alpha value is -1.16. The SMILES string of the molecule is O=C(CO)Nc1c(I)c(C(=O)NC=C(CNC(=O)c2c(I)c(NC(=O)CO)c(I)c(C(=O)NCC(O)CO)c2I)CNC(=O)c2c(I)c(NC(=O)CO)c(I)c(C(=O)NCC(O)CO)c2I)c(I)c(C(=O)NCC(O)CO)c1I. The van der Waals surface area contributed by atoms with Gasteiger partial charge in [0.2, 0.25) is 17.7 Å². The van der Waals surface area contributed by atoms with E-state index in [-0.39, 0.29) is 88.1 Å². The summed E-state index contributed by atoms with van der Waals surface area (Å²) in [5, 5.41) is 109. The fourth-order valence-electron chi connectivity index (χ4n) is 6.11. The summed E-state index contributed by atoms with van der Waals surface area (Å²) < 4.78 is 0.687. The van der Waals surface area contributed by atoms with Crippen molar-refractivity contribution in [2.24, 2.45) is 0 Å². The van der Waals surface area contributed by atoms with E-state index in [9.17, 15) is 89.1 Å². The number of nitrogens with one attached hydrogen (secondary N) is 9. The van der Waals surface area contributed by atoms with Gasteiger partial charge in [0, 0.05) is 49.6 Å². The van der Waals surface area contributed by atoms with Gasteiger partial charge in [-0.05, 0) is 209 Å². The molecule has 3 unspecified atom stereocenters. The summed E-state index contributed by atoms with van der Waals surface area (Å²) in [4.78, 5) is 122. The number of benzene rings is 3. The van der Waals surface area contributed by atoms with E-state index < -0.39 is 144 Å². The van der Waals surface area contributed by atoms with E-state index in [1.54, 1.807) is 203 Å². The number of halogens is 9. The van der Waals surface area contributed by atoms with Gasteiger partial charge in [0.05, 0.1) is 110 Å². The first-order valence-electron chi connectivity index (χ1n) is 21.8. The second-order valence-corrected chi connectivity index (χ2v) is 25.3. The maximum Gasteiger partial charge on any atom is 0.257 e. The average molecular weight is 2120 g/mol. The van der Waals surface area contributed by atoms with Crippen LogP contribution in [0.25, 0.3) is 0 Å².